The molecule has 0 aliphatic rings. The zero-order chi connectivity index (χ0) is 20.0. The zero-order valence-corrected chi connectivity index (χ0v) is 15.9. The van der Waals surface area contributed by atoms with Crippen LogP contribution in [0.1, 0.15) is 45.7 Å². The van der Waals surface area contributed by atoms with E-state index in [0.717, 1.165) is 16.9 Å². The Kier molecular flexibility index (Phi) is 6.71. The molecule has 142 valence electrons. The molecule has 2 rings (SSSR count). The fraction of sp³-hybridized carbons (Fsp3) is 0.286. The van der Waals surface area contributed by atoms with E-state index in [1.165, 1.54) is 13.8 Å². The lowest BCUT2D eigenvalue weighted by atomic mass is 10.00. The number of ketones is 2. The van der Waals surface area contributed by atoms with Gasteiger partial charge in [-0.2, -0.15) is 0 Å². The number of methoxy groups -OCH3 is 1. The fourth-order valence-corrected chi connectivity index (χ4v) is 2.58. The van der Waals surface area contributed by atoms with Gasteiger partial charge in [0.05, 0.1) is 18.2 Å². The summed E-state index contributed by atoms with van der Waals surface area (Å²) in [6.07, 6.45) is 0. The summed E-state index contributed by atoms with van der Waals surface area (Å²) in [7, 11) is 1.59. The van der Waals surface area contributed by atoms with Crippen LogP contribution >= 0.6 is 0 Å². The zero-order valence-electron chi connectivity index (χ0n) is 15.9. The van der Waals surface area contributed by atoms with Crippen LogP contribution in [0.4, 0.5) is 0 Å². The third-order valence-corrected chi connectivity index (χ3v) is 3.99. The van der Waals surface area contributed by atoms with Crippen molar-refractivity contribution in [2.45, 2.75) is 27.3 Å². The minimum absolute atomic E-state index is 0.153. The first-order valence-electron chi connectivity index (χ1n) is 8.50. The van der Waals surface area contributed by atoms with Crippen molar-refractivity contribution in [3.05, 3.63) is 58.7 Å². The molecule has 6 nitrogen and oxygen atoms in total. The molecule has 1 amide bonds. The lowest BCUT2D eigenvalue weighted by Gasteiger charge is -2.14. The standard InChI is InChI=1S/C21H23NO5/c1-13-9-18(14(2)23)21(19(10-13)15(3)24)27-12-20(25)22-11-16-5-7-17(26-4)8-6-16/h5-10H,11-12H2,1-4H3,(H,22,25). The smallest absolute Gasteiger partial charge is 0.258 e. The number of carbonyl (C=O) groups is 3. The van der Waals surface area contributed by atoms with Gasteiger partial charge in [0.1, 0.15) is 11.5 Å². The van der Waals surface area contributed by atoms with Gasteiger partial charge in [0, 0.05) is 6.54 Å². The minimum atomic E-state index is -0.351. The second-order valence-electron chi connectivity index (χ2n) is 6.22. The second kappa shape index (κ2) is 8.98. The van der Waals surface area contributed by atoms with Gasteiger partial charge in [-0.15, -0.1) is 0 Å². The lowest BCUT2D eigenvalue weighted by molar-refractivity contribution is -0.123. The maximum Gasteiger partial charge on any atom is 0.258 e. The summed E-state index contributed by atoms with van der Waals surface area (Å²) in [5.41, 5.74) is 2.28. The molecule has 0 saturated heterocycles. The Balaban J connectivity index is 2.05. The summed E-state index contributed by atoms with van der Waals surface area (Å²) >= 11 is 0. The van der Waals surface area contributed by atoms with Gasteiger partial charge < -0.3 is 14.8 Å². The molecular weight excluding hydrogens is 346 g/mol. The Morgan fingerprint density at radius 3 is 2.00 bits per heavy atom. The average molecular weight is 369 g/mol. The van der Waals surface area contributed by atoms with Crippen LogP contribution in [0.2, 0.25) is 0 Å². The number of Topliss-reactive ketones (excluding diaryl/α,β-unsaturated/α-hetero) is 2. The quantitative estimate of drug-likeness (QED) is 0.723. The number of aryl methyl sites for hydroxylation is 1. The molecule has 0 radical (unpaired) electrons. The number of nitrogens with one attached hydrogen (secondary N) is 1. The first kappa shape index (κ1) is 20.2. The number of hydrogen-bond acceptors (Lipinski definition) is 5. The third-order valence-electron chi connectivity index (χ3n) is 3.99. The molecule has 0 aromatic heterocycles. The number of hydrogen-bond donors (Lipinski definition) is 1. The van der Waals surface area contributed by atoms with Gasteiger partial charge in [0.25, 0.3) is 5.91 Å². The molecule has 6 heteroatoms. The van der Waals surface area contributed by atoms with Crippen LogP contribution in [0, 0.1) is 6.92 Å². The maximum atomic E-state index is 12.1. The first-order chi connectivity index (χ1) is 12.8. The van der Waals surface area contributed by atoms with Crippen molar-refractivity contribution in [2.75, 3.05) is 13.7 Å². The monoisotopic (exact) mass is 369 g/mol. The Bertz CT molecular complexity index is 820. The van der Waals surface area contributed by atoms with Crippen LogP contribution in [0.3, 0.4) is 0 Å². The first-order valence-corrected chi connectivity index (χ1v) is 8.50. The fourth-order valence-electron chi connectivity index (χ4n) is 2.58. The number of carbonyl (C=O) groups excluding carboxylic acids is 3. The summed E-state index contributed by atoms with van der Waals surface area (Å²) in [6.45, 7) is 4.63. The van der Waals surface area contributed by atoms with Crippen molar-refractivity contribution >= 4 is 17.5 Å². The van der Waals surface area contributed by atoms with Crippen molar-refractivity contribution in [1.29, 1.82) is 0 Å². The van der Waals surface area contributed by atoms with Gasteiger partial charge >= 0.3 is 0 Å². The van der Waals surface area contributed by atoms with Crippen LogP contribution in [-0.4, -0.2) is 31.2 Å². The Labute approximate surface area is 158 Å². The summed E-state index contributed by atoms with van der Waals surface area (Å²) in [5, 5.41) is 2.74. The Morgan fingerprint density at radius 1 is 0.963 bits per heavy atom. The molecular formula is C21H23NO5. The van der Waals surface area contributed by atoms with E-state index in [4.69, 9.17) is 9.47 Å². The van der Waals surface area contributed by atoms with Gasteiger partial charge in [0.2, 0.25) is 0 Å². The highest BCUT2D eigenvalue weighted by Crippen LogP contribution is 2.27. The van der Waals surface area contributed by atoms with Gasteiger partial charge in [-0.1, -0.05) is 12.1 Å². The topological polar surface area (TPSA) is 81.7 Å². The Morgan fingerprint density at radius 2 is 1.52 bits per heavy atom. The molecule has 27 heavy (non-hydrogen) atoms. The van der Waals surface area contributed by atoms with E-state index in [1.807, 2.05) is 24.3 Å². The van der Waals surface area contributed by atoms with Crippen molar-refractivity contribution in [3.63, 3.8) is 0 Å². The highest BCUT2D eigenvalue weighted by atomic mass is 16.5. The van der Waals surface area contributed by atoms with Gasteiger partial charge in [-0.25, -0.2) is 0 Å². The molecule has 0 atom stereocenters. The second-order valence-corrected chi connectivity index (χ2v) is 6.22. The van der Waals surface area contributed by atoms with Crippen LogP contribution in [0.15, 0.2) is 36.4 Å². The predicted molar refractivity (Wildman–Crippen MR) is 102 cm³/mol. The molecule has 2 aromatic carbocycles. The minimum Gasteiger partial charge on any atom is -0.497 e. The molecule has 1 N–H and O–H groups in total. The molecule has 0 saturated carbocycles. The van der Waals surface area contributed by atoms with Crippen LogP contribution in [-0.2, 0) is 11.3 Å². The summed E-state index contributed by atoms with van der Waals surface area (Å²) in [5.74, 6) is 0.0848. The molecule has 0 unspecified atom stereocenters. The maximum absolute atomic E-state index is 12.1. The van der Waals surface area contributed by atoms with E-state index < -0.39 is 0 Å². The normalized spacial score (nSPS) is 10.2. The van der Waals surface area contributed by atoms with E-state index in [9.17, 15) is 14.4 Å². The van der Waals surface area contributed by atoms with Gasteiger partial charge in [0.15, 0.2) is 18.2 Å². The van der Waals surface area contributed by atoms with Crippen molar-refractivity contribution in [1.82, 2.24) is 5.32 Å². The predicted octanol–water partition coefficient (Wildman–Crippen LogP) is 3.10. The van der Waals surface area contributed by atoms with E-state index in [1.54, 1.807) is 26.2 Å². The highest BCUT2D eigenvalue weighted by Gasteiger charge is 2.18. The molecule has 0 spiro atoms. The largest absolute Gasteiger partial charge is 0.497 e. The van der Waals surface area contributed by atoms with E-state index in [-0.39, 0.29) is 29.8 Å². The number of benzene rings is 2. The lowest BCUT2D eigenvalue weighted by Crippen LogP contribution is -2.29. The molecule has 2 aromatic rings. The number of rotatable bonds is 8. The molecule has 0 aliphatic carbocycles. The van der Waals surface area contributed by atoms with Crippen LogP contribution in [0.5, 0.6) is 11.5 Å². The number of ether oxygens (including phenoxy) is 2. The Hall–Kier alpha value is -3.15. The molecule has 0 fully saturated rings. The number of amides is 1. The van der Waals surface area contributed by atoms with Crippen molar-refractivity contribution < 1.29 is 23.9 Å². The molecule has 0 aliphatic heterocycles. The average Bonchev–Trinajstić information content (AvgIpc) is 2.64. The van der Waals surface area contributed by atoms with Crippen LogP contribution < -0.4 is 14.8 Å². The summed E-state index contributed by atoms with van der Waals surface area (Å²) in [6, 6.07) is 10.6. The van der Waals surface area contributed by atoms with Crippen molar-refractivity contribution in [3.8, 4) is 11.5 Å². The highest BCUT2D eigenvalue weighted by molar-refractivity contribution is 6.04. The summed E-state index contributed by atoms with van der Waals surface area (Å²) in [4.78, 5) is 35.9. The molecule has 0 heterocycles. The third kappa shape index (κ3) is 5.41. The van der Waals surface area contributed by atoms with Gasteiger partial charge in [-0.05, 0) is 56.2 Å². The van der Waals surface area contributed by atoms with Crippen LogP contribution in [0.25, 0.3) is 0 Å². The van der Waals surface area contributed by atoms with E-state index in [2.05, 4.69) is 5.32 Å². The van der Waals surface area contributed by atoms with Gasteiger partial charge in [-0.3, -0.25) is 14.4 Å². The molecule has 0 bridgehead atoms. The summed E-state index contributed by atoms with van der Waals surface area (Å²) < 4.78 is 10.6. The van der Waals surface area contributed by atoms with E-state index >= 15 is 0 Å². The van der Waals surface area contributed by atoms with E-state index in [0.29, 0.717) is 17.7 Å². The SMILES string of the molecule is COc1ccc(CNC(=O)COc2c(C(C)=O)cc(C)cc2C(C)=O)cc1. The van der Waals surface area contributed by atoms with Crippen molar-refractivity contribution in [2.24, 2.45) is 0 Å².